The van der Waals surface area contributed by atoms with Gasteiger partial charge in [-0.2, -0.15) is 0 Å². The Morgan fingerprint density at radius 1 is 0.681 bits per heavy atom. The summed E-state index contributed by atoms with van der Waals surface area (Å²) in [5, 5.41) is 2.98. The van der Waals surface area contributed by atoms with E-state index in [1.54, 1.807) is 0 Å². The number of rotatable bonds is 8. The first kappa shape index (κ1) is 42.8. The molecule has 0 saturated carbocycles. The van der Waals surface area contributed by atoms with Gasteiger partial charge in [0.2, 0.25) is 11.4 Å². The molecule has 7 aromatic heterocycles. The van der Waals surface area contributed by atoms with Crippen molar-refractivity contribution < 1.29 is 27.8 Å². The Hall–Kier alpha value is -6.86. The standard InChI is InChI=1S/C28H27N5O3.C27H26N6O3/c1-3-19-4-2-6-21(20(19)5-1)25-30-23-22-13-18(15-33-8-7-28(33)16-35-17-28)14-29-27(22)36-24(23)26(31-25)32-9-11-34-12-10-32;1-2-20(19-4-5-28-22(19)3-1)25-30-23-21-10-16(13-33-14-18-11-17(33)15-35-18)12-29-27(21)36-24(23)26(31-25)32-6-8-34-9-7-32/h1-2,4-6,13-14H,3,7-12,15-17H2;1-5,10,12,17-18,28H,6-9,11,13-15H2/t;17-,18-/m.1/s1. The van der Waals surface area contributed by atoms with E-state index >= 15 is 0 Å². The van der Waals surface area contributed by atoms with Gasteiger partial charge in [-0.15, -0.1) is 0 Å². The average Bonchev–Trinajstić information content (AvgIpc) is 4.29. The van der Waals surface area contributed by atoms with Crippen LogP contribution in [0.5, 0.6) is 0 Å². The fraction of sp³-hybridized carbons (Fsp3) is 0.382. The van der Waals surface area contributed by atoms with E-state index in [1.807, 2.05) is 24.7 Å². The topological polar surface area (TPSA) is 169 Å². The normalized spacial score (nSPS) is 21.6. The highest BCUT2D eigenvalue weighted by molar-refractivity contribution is 6.07. The lowest BCUT2D eigenvalue weighted by Crippen LogP contribution is -2.70. The van der Waals surface area contributed by atoms with Crippen LogP contribution in [0.1, 0.15) is 35.1 Å². The van der Waals surface area contributed by atoms with Gasteiger partial charge in [0.25, 0.3) is 0 Å². The molecule has 0 unspecified atom stereocenters. The van der Waals surface area contributed by atoms with Crippen LogP contribution < -0.4 is 9.80 Å². The number of anilines is 2. The van der Waals surface area contributed by atoms with Crippen molar-refractivity contribution in [2.45, 2.75) is 50.0 Å². The minimum absolute atomic E-state index is 0.244. The number of fused-ring (bicyclic) bond motifs is 10. The predicted octanol–water partition coefficient (Wildman–Crippen LogP) is 7.55. The number of morpholine rings is 3. The maximum atomic E-state index is 6.33. The number of likely N-dealkylation sites (tertiary alicyclic amines) is 2. The molecule has 16 rings (SSSR count). The second-order valence-electron chi connectivity index (χ2n) is 20.3. The van der Waals surface area contributed by atoms with Gasteiger partial charge in [-0.05, 0) is 65.8 Å². The molecule has 1 aliphatic carbocycles. The number of hydrogen-bond donors (Lipinski definition) is 1. The van der Waals surface area contributed by atoms with Crippen LogP contribution in [0.25, 0.3) is 84.2 Å². The molecule has 13 heterocycles. The zero-order chi connectivity index (χ0) is 47.3. The number of nitrogens with one attached hydrogen (secondary N) is 1. The van der Waals surface area contributed by atoms with E-state index in [9.17, 15) is 0 Å². The molecule has 7 aliphatic rings. The number of furan rings is 2. The molecular formula is C55H53N11O6. The SMILES string of the molecule is C1=Cc2c(cccc2-c2nc(N3CCOCC3)c3oc4ncc(CN5CCC56COC6)cc4c3n2)C1.c1cc(-c2nc(N3CCOCC3)c3oc4ncc(CN5C[C@H]6C[C@@H]5CO6)cc4c3n2)c2cc[nH]c2c1. The van der Waals surface area contributed by atoms with Gasteiger partial charge in [0.15, 0.2) is 34.5 Å². The third kappa shape index (κ3) is 7.19. The molecule has 2 atom stereocenters. The van der Waals surface area contributed by atoms with Crippen LogP contribution in [0.4, 0.5) is 11.6 Å². The van der Waals surface area contributed by atoms with Gasteiger partial charge < -0.3 is 42.6 Å². The second kappa shape index (κ2) is 17.1. The molecule has 2 aromatic carbocycles. The van der Waals surface area contributed by atoms with Crippen LogP contribution in [-0.2, 0) is 38.5 Å². The average molecular weight is 964 g/mol. The molecule has 0 radical (unpaired) electrons. The number of aromatic nitrogens is 7. The first-order valence-corrected chi connectivity index (χ1v) is 25.4. The Kier molecular flexibility index (Phi) is 10.2. The summed E-state index contributed by atoms with van der Waals surface area (Å²) in [7, 11) is 0. The maximum absolute atomic E-state index is 6.33. The molecule has 2 bridgehead atoms. The fourth-order valence-electron chi connectivity index (χ4n) is 11.9. The van der Waals surface area contributed by atoms with Crippen LogP contribution in [0, 0.1) is 0 Å². The van der Waals surface area contributed by atoms with Crippen LogP contribution in [-0.4, -0.2) is 148 Å². The molecule has 1 spiro atoms. The highest BCUT2D eigenvalue weighted by atomic mass is 16.5. The van der Waals surface area contributed by atoms with Gasteiger partial charge >= 0.3 is 0 Å². The number of aromatic amines is 1. The number of ether oxygens (including phenoxy) is 4. The van der Waals surface area contributed by atoms with E-state index in [-0.39, 0.29) is 5.54 Å². The highest BCUT2D eigenvalue weighted by Gasteiger charge is 2.50. The van der Waals surface area contributed by atoms with E-state index in [0.29, 0.717) is 67.0 Å². The summed E-state index contributed by atoms with van der Waals surface area (Å²) in [4.78, 5) is 42.6. The Morgan fingerprint density at radius 3 is 1.97 bits per heavy atom. The van der Waals surface area contributed by atoms with Crippen molar-refractivity contribution in [1.29, 1.82) is 0 Å². The molecule has 17 heteroatoms. The van der Waals surface area contributed by atoms with E-state index in [2.05, 4.69) is 85.3 Å². The fourth-order valence-corrected chi connectivity index (χ4v) is 11.9. The van der Waals surface area contributed by atoms with Crippen molar-refractivity contribution in [3.05, 3.63) is 102 Å². The van der Waals surface area contributed by atoms with Crippen LogP contribution in [0.3, 0.4) is 0 Å². The van der Waals surface area contributed by atoms with Gasteiger partial charge in [0, 0.05) is 99.0 Å². The van der Waals surface area contributed by atoms with Crippen LogP contribution in [0.15, 0.2) is 88.1 Å². The first-order valence-electron chi connectivity index (χ1n) is 25.4. The Morgan fingerprint density at radius 2 is 1.35 bits per heavy atom. The first-order chi connectivity index (χ1) is 35.6. The van der Waals surface area contributed by atoms with Crippen molar-refractivity contribution >= 4 is 73.0 Å². The van der Waals surface area contributed by atoms with Gasteiger partial charge in [-0.25, -0.2) is 29.9 Å². The van der Waals surface area contributed by atoms with Crippen LogP contribution >= 0.6 is 0 Å². The zero-order valence-electron chi connectivity index (χ0n) is 39.9. The third-order valence-electron chi connectivity index (χ3n) is 16.0. The number of H-pyrrole nitrogens is 1. The van der Waals surface area contributed by atoms with Gasteiger partial charge in [0.05, 0.1) is 68.7 Å². The largest absolute Gasteiger partial charge is 0.432 e. The monoisotopic (exact) mass is 963 g/mol. The molecule has 17 nitrogen and oxygen atoms in total. The molecule has 6 fully saturated rings. The van der Waals surface area contributed by atoms with Crippen molar-refractivity contribution in [2.24, 2.45) is 0 Å². The van der Waals surface area contributed by atoms with E-state index in [4.69, 9.17) is 57.7 Å². The van der Waals surface area contributed by atoms with E-state index < -0.39 is 0 Å². The zero-order valence-corrected chi connectivity index (χ0v) is 39.9. The highest BCUT2D eigenvalue weighted by Crippen LogP contribution is 2.41. The summed E-state index contributed by atoms with van der Waals surface area (Å²) in [6.45, 7) is 12.1. The summed E-state index contributed by atoms with van der Waals surface area (Å²) in [6.07, 6.45) is 13.9. The minimum atomic E-state index is 0.244. The lowest BCUT2D eigenvalue weighted by atomic mass is 9.82. The molecule has 9 aromatic rings. The van der Waals surface area contributed by atoms with Gasteiger partial charge in [0.1, 0.15) is 11.0 Å². The third-order valence-corrected chi connectivity index (χ3v) is 16.0. The lowest BCUT2D eigenvalue weighted by Gasteiger charge is -2.57. The summed E-state index contributed by atoms with van der Waals surface area (Å²) >= 11 is 0. The molecular weight excluding hydrogens is 911 g/mol. The predicted molar refractivity (Wildman–Crippen MR) is 273 cm³/mol. The van der Waals surface area contributed by atoms with Gasteiger partial charge in [-0.1, -0.05) is 42.5 Å². The Labute approximate surface area is 413 Å². The molecule has 72 heavy (non-hydrogen) atoms. The van der Waals surface area contributed by atoms with Crippen molar-refractivity contribution in [2.75, 3.05) is 95.3 Å². The second-order valence-corrected chi connectivity index (χ2v) is 20.3. The quantitative estimate of drug-likeness (QED) is 0.158. The number of allylic oxidation sites excluding steroid dienone is 1. The Balaban J connectivity index is 0.000000128. The summed E-state index contributed by atoms with van der Waals surface area (Å²) in [5.74, 6) is 3.05. The van der Waals surface area contributed by atoms with Gasteiger partial charge in [-0.3, -0.25) is 9.80 Å². The number of benzene rings is 2. The molecule has 0 amide bonds. The van der Waals surface area contributed by atoms with Crippen molar-refractivity contribution in [3.8, 4) is 22.8 Å². The van der Waals surface area contributed by atoms with Crippen molar-refractivity contribution in [3.63, 3.8) is 0 Å². The molecule has 6 aliphatic heterocycles. The van der Waals surface area contributed by atoms with Crippen molar-refractivity contribution in [1.82, 2.24) is 44.7 Å². The molecule has 1 N–H and O–H groups in total. The molecule has 6 saturated heterocycles. The summed E-state index contributed by atoms with van der Waals surface area (Å²) in [5.41, 5.74) is 12.5. The maximum Gasteiger partial charge on any atom is 0.229 e. The smallest absolute Gasteiger partial charge is 0.229 e. The number of hydrogen-bond acceptors (Lipinski definition) is 16. The minimum Gasteiger partial charge on any atom is -0.432 e. The summed E-state index contributed by atoms with van der Waals surface area (Å²) in [6, 6.07) is 19.6. The Bertz CT molecular complexity index is 3600. The van der Waals surface area contributed by atoms with E-state index in [1.165, 1.54) is 28.7 Å². The summed E-state index contributed by atoms with van der Waals surface area (Å²) < 4.78 is 35.2. The lowest BCUT2D eigenvalue weighted by molar-refractivity contribution is -0.195. The van der Waals surface area contributed by atoms with Crippen LogP contribution in [0.2, 0.25) is 0 Å². The number of pyridine rings is 2. The number of nitrogens with zero attached hydrogens (tertiary/aromatic N) is 10. The van der Waals surface area contributed by atoms with E-state index in [0.717, 1.165) is 146 Å². The molecule has 364 valence electrons.